The lowest BCUT2D eigenvalue weighted by molar-refractivity contribution is -0.125. The summed E-state index contributed by atoms with van der Waals surface area (Å²) in [5.41, 5.74) is 1.19. The van der Waals surface area contributed by atoms with E-state index in [0.29, 0.717) is 19.5 Å². The quantitative estimate of drug-likeness (QED) is 0.818. The molecule has 0 spiro atoms. The lowest BCUT2D eigenvalue weighted by Gasteiger charge is -2.34. The van der Waals surface area contributed by atoms with Crippen molar-refractivity contribution in [2.75, 3.05) is 32.4 Å². The molecule has 1 amide bonds. The molecule has 0 radical (unpaired) electrons. The maximum Gasteiger partial charge on any atom is 0.238 e. The molecule has 2 fully saturated rings. The van der Waals surface area contributed by atoms with Gasteiger partial charge in [-0.15, -0.1) is 0 Å². The molecule has 1 aromatic rings. The van der Waals surface area contributed by atoms with E-state index in [-0.39, 0.29) is 11.9 Å². The van der Waals surface area contributed by atoms with Gasteiger partial charge in [0.2, 0.25) is 15.9 Å². The van der Waals surface area contributed by atoms with Gasteiger partial charge in [-0.2, -0.15) is 4.31 Å². The number of sulfonamides is 1. The number of benzene rings is 1. The highest BCUT2D eigenvalue weighted by Gasteiger charge is 2.35. The molecule has 3 rings (SSSR count). The Labute approximate surface area is 156 Å². The third kappa shape index (κ3) is 4.64. The molecule has 0 bridgehead atoms. The molecule has 2 aliphatic heterocycles. The minimum absolute atomic E-state index is 0.137. The second-order valence-electron chi connectivity index (χ2n) is 7.30. The topological polar surface area (TPSA) is 69.7 Å². The van der Waals surface area contributed by atoms with E-state index in [1.807, 2.05) is 18.2 Å². The lowest BCUT2D eigenvalue weighted by Crippen LogP contribution is -2.52. The van der Waals surface area contributed by atoms with Crippen LogP contribution in [0.1, 0.15) is 43.7 Å². The number of amides is 1. The molecule has 2 heterocycles. The van der Waals surface area contributed by atoms with Crippen LogP contribution < -0.4 is 5.32 Å². The van der Waals surface area contributed by atoms with Crippen LogP contribution in [0, 0.1) is 0 Å². The van der Waals surface area contributed by atoms with Crippen molar-refractivity contribution in [3.63, 3.8) is 0 Å². The Hall–Kier alpha value is -1.44. The predicted molar refractivity (Wildman–Crippen MR) is 102 cm³/mol. The van der Waals surface area contributed by atoms with Gasteiger partial charge in [0.05, 0.1) is 12.3 Å². The van der Waals surface area contributed by atoms with E-state index in [1.165, 1.54) is 29.0 Å². The molecule has 6 nitrogen and oxygen atoms in total. The van der Waals surface area contributed by atoms with Crippen LogP contribution in [0.2, 0.25) is 0 Å². The fraction of sp³-hybridized carbons (Fsp3) is 0.632. The number of carbonyl (C=O) groups excluding carboxylic acids is 1. The van der Waals surface area contributed by atoms with Crippen LogP contribution in [0.3, 0.4) is 0 Å². The van der Waals surface area contributed by atoms with Crippen molar-refractivity contribution in [2.24, 2.45) is 0 Å². The first-order valence-electron chi connectivity index (χ1n) is 9.50. The van der Waals surface area contributed by atoms with Gasteiger partial charge < -0.3 is 5.32 Å². The number of nitrogens with one attached hydrogen (secondary N) is 1. The number of carbonyl (C=O) groups is 1. The van der Waals surface area contributed by atoms with Crippen molar-refractivity contribution in [3.05, 3.63) is 35.9 Å². The average Bonchev–Trinajstić information content (AvgIpc) is 3.16. The molecule has 0 aliphatic carbocycles. The Morgan fingerprint density at radius 3 is 2.42 bits per heavy atom. The van der Waals surface area contributed by atoms with Crippen molar-refractivity contribution < 1.29 is 13.2 Å². The third-order valence-electron chi connectivity index (χ3n) is 5.42. The van der Waals surface area contributed by atoms with E-state index in [9.17, 15) is 13.2 Å². The van der Waals surface area contributed by atoms with Crippen LogP contribution in [0.5, 0.6) is 0 Å². The van der Waals surface area contributed by atoms with Gasteiger partial charge in [-0.1, -0.05) is 36.8 Å². The smallest absolute Gasteiger partial charge is 0.238 e. The summed E-state index contributed by atoms with van der Waals surface area (Å²) < 4.78 is 25.4. The zero-order valence-electron chi connectivity index (χ0n) is 15.4. The molecule has 2 atom stereocenters. The van der Waals surface area contributed by atoms with E-state index in [1.54, 1.807) is 0 Å². The second kappa shape index (κ2) is 8.50. The predicted octanol–water partition coefficient (Wildman–Crippen LogP) is 1.75. The maximum atomic E-state index is 12.8. The van der Waals surface area contributed by atoms with Gasteiger partial charge in [0.15, 0.2) is 0 Å². The highest BCUT2D eigenvalue weighted by molar-refractivity contribution is 7.88. The molecule has 144 valence electrons. The largest absolute Gasteiger partial charge is 0.353 e. The Balaban J connectivity index is 1.69. The fourth-order valence-corrected chi connectivity index (χ4v) is 5.19. The highest BCUT2D eigenvalue weighted by atomic mass is 32.2. The Morgan fingerprint density at radius 1 is 1.12 bits per heavy atom. The minimum atomic E-state index is -3.36. The van der Waals surface area contributed by atoms with E-state index in [0.717, 1.165) is 25.9 Å². The molecule has 2 saturated heterocycles. The third-order valence-corrected chi connectivity index (χ3v) is 6.71. The minimum Gasteiger partial charge on any atom is -0.353 e. The lowest BCUT2D eigenvalue weighted by atomic mass is 10.0. The van der Waals surface area contributed by atoms with E-state index in [4.69, 9.17) is 0 Å². The van der Waals surface area contributed by atoms with Gasteiger partial charge in [-0.05, 0) is 44.3 Å². The first-order valence-corrected chi connectivity index (χ1v) is 11.3. The maximum absolute atomic E-state index is 12.8. The Morgan fingerprint density at radius 2 is 1.77 bits per heavy atom. The van der Waals surface area contributed by atoms with Crippen molar-refractivity contribution >= 4 is 15.9 Å². The molecule has 26 heavy (non-hydrogen) atoms. The molecule has 2 unspecified atom stereocenters. The zero-order chi connectivity index (χ0) is 18.6. The average molecular weight is 380 g/mol. The molecular formula is C19H29N3O3S. The van der Waals surface area contributed by atoms with Gasteiger partial charge in [-0.25, -0.2) is 8.42 Å². The van der Waals surface area contributed by atoms with Crippen LogP contribution in [0.25, 0.3) is 0 Å². The van der Waals surface area contributed by atoms with Crippen LogP contribution in [-0.2, 0) is 14.8 Å². The van der Waals surface area contributed by atoms with Crippen LogP contribution in [0.15, 0.2) is 30.3 Å². The number of hydrogen-bond donors (Lipinski definition) is 1. The number of rotatable bonds is 6. The molecule has 7 heteroatoms. The molecule has 0 saturated carbocycles. The summed E-state index contributed by atoms with van der Waals surface area (Å²) in [5, 5.41) is 3.04. The monoisotopic (exact) mass is 379 g/mol. The highest BCUT2D eigenvalue weighted by Crippen LogP contribution is 2.25. The first kappa shape index (κ1) is 19.3. The van der Waals surface area contributed by atoms with Crippen LogP contribution in [-0.4, -0.2) is 62.0 Å². The van der Waals surface area contributed by atoms with E-state index >= 15 is 0 Å². The SMILES string of the molecule is CS(=O)(=O)N1CCCCC1C(=O)NCC(c1ccccc1)N1CCCC1. The Bertz CT molecular complexity index is 702. The summed E-state index contributed by atoms with van der Waals surface area (Å²) in [6.45, 7) is 3.02. The summed E-state index contributed by atoms with van der Waals surface area (Å²) in [4.78, 5) is 15.2. The van der Waals surface area contributed by atoms with Gasteiger partial charge in [0.1, 0.15) is 6.04 Å². The van der Waals surface area contributed by atoms with Crippen LogP contribution in [0.4, 0.5) is 0 Å². The number of piperidine rings is 1. The van der Waals surface area contributed by atoms with Crippen LogP contribution >= 0.6 is 0 Å². The molecular weight excluding hydrogens is 350 g/mol. The molecule has 2 aliphatic rings. The number of hydrogen-bond acceptors (Lipinski definition) is 4. The van der Waals surface area contributed by atoms with Gasteiger partial charge >= 0.3 is 0 Å². The summed E-state index contributed by atoms with van der Waals surface area (Å²) in [6, 6.07) is 9.79. The molecule has 0 aromatic heterocycles. The molecule has 1 aromatic carbocycles. The first-order chi connectivity index (χ1) is 12.5. The summed E-state index contributed by atoms with van der Waals surface area (Å²) in [5.74, 6) is -0.171. The number of nitrogens with zero attached hydrogens (tertiary/aromatic N) is 2. The zero-order valence-corrected chi connectivity index (χ0v) is 16.2. The Kier molecular flexibility index (Phi) is 6.32. The van der Waals surface area contributed by atoms with Gasteiger partial charge in [0, 0.05) is 13.1 Å². The van der Waals surface area contributed by atoms with Gasteiger partial charge in [0.25, 0.3) is 0 Å². The normalized spacial score (nSPS) is 23.7. The van der Waals surface area contributed by atoms with E-state index < -0.39 is 16.1 Å². The number of likely N-dealkylation sites (tertiary alicyclic amines) is 1. The van der Waals surface area contributed by atoms with E-state index in [2.05, 4.69) is 22.3 Å². The van der Waals surface area contributed by atoms with Crippen molar-refractivity contribution in [2.45, 2.75) is 44.2 Å². The standard InChI is InChI=1S/C19H29N3O3S/c1-26(24,25)22-14-6-5-11-17(22)19(23)20-15-18(21-12-7-8-13-21)16-9-3-2-4-10-16/h2-4,9-10,17-18H,5-8,11-15H2,1H3,(H,20,23). The van der Waals surface area contributed by atoms with Crippen molar-refractivity contribution in [1.29, 1.82) is 0 Å². The van der Waals surface area contributed by atoms with Crippen molar-refractivity contribution in [1.82, 2.24) is 14.5 Å². The molecule has 1 N–H and O–H groups in total. The summed E-state index contributed by atoms with van der Waals surface area (Å²) >= 11 is 0. The second-order valence-corrected chi connectivity index (χ2v) is 9.24. The van der Waals surface area contributed by atoms with Gasteiger partial charge in [-0.3, -0.25) is 9.69 Å². The summed E-state index contributed by atoms with van der Waals surface area (Å²) in [7, 11) is -3.36. The summed E-state index contributed by atoms with van der Waals surface area (Å²) in [6.07, 6.45) is 5.85. The van der Waals surface area contributed by atoms with Crippen molar-refractivity contribution in [3.8, 4) is 0 Å². The fourth-order valence-electron chi connectivity index (χ4n) is 4.07.